The average Bonchev–Trinajstić information content (AvgIpc) is 3.55. The zero-order valence-corrected chi connectivity index (χ0v) is 29.0. The molecule has 5 aromatic carbocycles. The van der Waals surface area contributed by atoms with Gasteiger partial charge in [0.05, 0.1) is 44.7 Å². The molecule has 9 heteroatoms. The van der Waals surface area contributed by atoms with E-state index in [4.69, 9.17) is 33.2 Å². The Morgan fingerprint density at radius 1 is 0.692 bits per heavy atom. The van der Waals surface area contributed by atoms with Crippen molar-refractivity contribution >= 4 is 11.8 Å². The Kier molecular flexibility index (Phi) is 11.0. The Morgan fingerprint density at radius 3 is 1.79 bits per heavy atom. The van der Waals surface area contributed by atoms with E-state index < -0.39 is 36.5 Å². The molecular weight excluding hydrogens is 660 g/mol. The van der Waals surface area contributed by atoms with Gasteiger partial charge in [-0.15, -0.1) is 0 Å². The molecule has 5 atom stereocenters. The van der Waals surface area contributed by atoms with E-state index in [-0.39, 0.29) is 36.1 Å². The predicted octanol–water partition coefficient (Wildman–Crippen LogP) is 7.71. The fraction of sp³-hybridized carbons (Fsp3) is 0.256. The second-order valence-electron chi connectivity index (χ2n) is 12.7. The number of Topliss-reactive ketones (excluding diaryl/α,β-unsaturated/α-hetero) is 1. The highest BCUT2D eigenvalue weighted by atomic mass is 16.6. The lowest BCUT2D eigenvalue weighted by atomic mass is 9.90. The van der Waals surface area contributed by atoms with Crippen molar-refractivity contribution in [1.82, 2.24) is 0 Å². The van der Waals surface area contributed by atoms with Gasteiger partial charge in [-0.3, -0.25) is 4.79 Å². The molecule has 266 valence electrons. The Bertz CT molecular complexity index is 1950. The van der Waals surface area contributed by atoms with Crippen LogP contribution in [0.15, 0.2) is 127 Å². The van der Waals surface area contributed by atoms with Crippen LogP contribution in [0.2, 0.25) is 0 Å². The number of carbonyl (C=O) groups is 2. The van der Waals surface area contributed by atoms with E-state index in [1.807, 2.05) is 91.0 Å². The first kappa shape index (κ1) is 35.1. The molecule has 0 N–H and O–H groups in total. The van der Waals surface area contributed by atoms with Crippen LogP contribution in [0.3, 0.4) is 0 Å². The zero-order valence-electron chi connectivity index (χ0n) is 29.0. The highest BCUT2D eigenvalue weighted by Crippen LogP contribution is 2.53. The minimum atomic E-state index is -0.732. The third-order valence-corrected chi connectivity index (χ3v) is 9.16. The second kappa shape index (κ2) is 16.4. The molecule has 2 aliphatic heterocycles. The topological polar surface area (TPSA) is 98.8 Å². The lowest BCUT2D eigenvalue weighted by molar-refractivity contribution is -0.250. The van der Waals surface area contributed by atoms with Crippen LogP contribution in [0.5, 0.6) is 17.2 Å². The maximum Gasteiger partial charge on any atom is 0.343 e. The number of hydrogen-bond acceptors (Lipinski definition) is 9. The van der Waals surface area contributed by atoms with Crippen molar-refractivity contribution < 1.29 is 42.7 Å². The van der Waals surface area contributed by atoms with Gasteiger partial charge in [0.15, 0.2) is 11.9 Å². The first-order valence-electron chi connectivity index (χ1n) is 17.3. The molecule has 1 fully saturated rings. The molecule has 9 nitrogen and oxygen atoms in total. The highest BCUT2D eigenvalue weighted by Gasteiger charge is 2.55. The summed E-state index contributed by atoms with van der Waals surface area (Å²) in [5, 5.41) is 0. The number of ether oxygens (including phenoxy) is 7. The van der Waals surface area contributed by atoms with Crippen LogP contribution in [0.1, 0.15) is 56.0 Å². The van der Waals surface area contributed by atoms with Gasteiger partial charge in [-0.05, 0) is 35.7 Å². The van der Waals surface area contributed by atoms with Gasteiger partial charge in [-0.1, -0.05) is 109 Å². The van der Waals surface area contributed by atoms with Crippen LogP contribution < -0.4 is 14.2 Å². The predicted molar refractivity (Wildman–Crippen MR) is 193 cm³/mol. The molecule has 52 heavy (non-hydrogen) atoms. The number of ketones is 1. The fourth-order valence-electron chi connectivity index (χ4n) is 6.70. The number of carbonyl (C=O) groups excluding carboxylic acids is 2. The fourth-order valence-corrected chi connectivity index (χ4v) is 6.70. The van der Waals surface area contributed by atoms with Gasteiger partial charge < -0.3 is 33.2 Å². The van der Waals surface area contributed by atoms with Gasteiger partial charge in [0.1, 0.15) is 47.2 Å². The van der Waals surface area contributed by atoms with E-state index in [9.17, 15) is 9.59 Å². The molecule has 7 rings (SSSR count). The van der Waals surface area contributed by atoms with E-state index in [2.05, 4.69) is 0 Å². The Morgan fingerprint density at radius 2 is 1.23 bits per heavy atom. The molecule has 0 saturated carbocycles. The van der Waals surface area contributed by atoms with Crippen molar-refractivity contribution in [2.45, 2.75) is 57.3 Å². The summed E-state index contributed by atoms with van der Waals surface area (Å²) >= 11 is 0. The number of rotatable bonds is 14. The van der Waals surface area contributed by atoms with Gasteiger partial charge in [0.2, 0.25) is 0 Å². The molecular formula is C43H40O9. The molecule has 0 bridgehead atoms. The lowest BCUT2D eigenvalue weighted by Gasteiger charge is -2.43. The minimum Gasteiger partial charge on any atom is -0.495 e. The van der Waals surface area contributed by atoms with Crippen molar-refractivity contribution in [3.8, 4) is 17.2 Å². The van der Waals surface area contributed by atoms with Crippen molar-refractivity contribution in [3.05, 3.63) is 161 Å². The summed E-state index contributed by atoms with van der Waals surface area (Å²) < 4.78 is 45.0. The quantitative estimate of drug-likeness (QED) is 0.0656. The van der Waals surface area contributed by atoms with Crippen LogP contribution in [0.4, 0.5) is 0 Å². The van der Waals surface area contributed by atoms with Crippen LogP contribution in [-0.4, -0.2) is 49.9 Å². The molecule has 0 spiro atoms. The van der Waals surface area contributed by atoms with E-state index in [1.165, 1.54) is 14.0 Å². The molecule has 0 radical (unpaired) electrons. The summed E-state index contributed by atoms with van der Waals surface area (Å²) in [4.78, 5) is 26.4. The number of hydrogen-bond donors (Lipinski definition) is 0. The summed E-state index contributed by atoms with van der Waals surface area (Å²) in [5.74, 6) is -0.377. The van der Waals surface area contributed by atoms with Crippen LogP contribution >= 0.6 is 0 Å². The number of methoxy groups -OCH3 is 1. The SMILES string of the molecule is COc1c(C(C)=O)c(OC(=O)c2ccccc2)cc2c1[C@@H]1O[C@H](COCc3ccccc3)[C@@H](OCc3ccccc3)[C@H](OCc3ccccc3)[C@@H]1O2. The van der Waals surface area contributed by atoms with E-state index in [0.717, 1.165) is 16.7 Å². The third kappa shape index (κ3) is 7.78. The Balaban J connectivity index is 1.26. The van der Waals surface area contributed by atoms with Crippen LogP contribution in [0, 0.1) is 0 Å². The maximum absolute atomic E-state index is 13.2. The van der Waals surface area contributed by atoms with Crippen molar-refractivity contribution in [3.63, 3.8) is 0 Å². The lowest BCUT2D eigenvalue weighted by Crippen LogP contribution is -2.57. The molecule has 5 aromatic rings. The Hall–Kier alpha value is -5.32. The van der Waals surface area contributed by atoms with E-state index in [1.54, 1.807) is 36.4 Å². The minimum absolute atomic E-state index is 0.0250. The molecule has 1 saturated heterocycles. The highest BCUT2D eigenvalue weighted by molar-refractivity contribution is 6.02. The van der Waals surface area contributed by atoms with Gasteiger partial charge >= 0.3 is 5.97 Å². The summed E-state index contributed by atoms with van der Waals surface area (Å²) in [6.45, 7) is 2.55. The van der Waals surface area contributed by atoms with Crippen LogP contribution in [0.25, 0.3) is 0 Å². The molecule has 0 aromatic heterocycles. The van der Waals surface area contributed by atoms with Gasteiger partial charge in [0, 0.05) is 6.07 Å². The first-order valence-corrected chi connectivity index (χ1v) is 17.3. The van der Waals surface area contributed by atoms with E-state index >= 15 is 0 Å². The maximum atomic E-state index is 13.2. The van der Waals surface area contributed by atoms with Gasteiger partial charge in [0.25, 0.3) is 0 Å². The van der Waals surface area contributed by atoms with Gasteiger partial charge in [-0.25, -0.2) is 4.79 Å². The van der Waals surface area contributed by atoms with E-state index in [0.29, 0.717) is 30.1 Å². The average molecular weight is 701 g/mol. The summed E-state index contributed by atoms with van der Waals surface area (Å²) in [6, 6.07) is 39.8. The Labute approximate surface area is 303 Å². The largest absolute Gasteiger partial charge is 0.495 e. The molecule has 0 unspecified atom stereocenters. The molecule has 2 heterocycles. The van der Waals surface area contributed by atoms with Crippen molar-refractivity contribution in [1.29, 1.82) is 0 Å². The van der Waals surface area contributed by atoms with Gasteiger partial charge in [-0.2, -0.15) is 0 Å². The van der Waals surface area contributed by atoms with Crippen molar-refractivity contribution in [2.24, 2.45) is 0 Å². The number of benzene rings is 5. The summed E-state index contributed by atoms with van der Waals surface area (Å²) in [5.41, 5.74) is 3.96. The van der Waals surface area contributed by atoms with Crippen LogP contribution in [-0.2, 0) is 38.8 Å². The number of fused-ring (bicyclic) bond motifs is 3. The monoisotopic (exact) mass is 700 g/mol. The molecule has 0 aliphatic carbocycles. The second-order valence-corrected chi connectivity index (χ2v) is 12.7. The summed E-state index contributed by atoms with van der Waals surface area (Å²) in [6.07, 6.45) is -3.32. The van der Waals surface area contributed by atoms with Crippen molar-refractivity contribution in [2.75, 3.05) is 13.7 Å². The standard InChI is InChI=1S/C43H40O9/c1-28(44)36-33(52-43(45)32-21-13-6-14-22-32)23-34-37(39(36)46-2)40-42(50-34)41(49-26-31-19-11-5-12-20-31)38(48-25-30-17-9-4-10-18-30)35(51-40)27-47-24-29-15-7-3-8-16-29/h3-23,35,38,40-42H,24-27H2,1-2H3/t35-,38-,40+,41+,42-/m1/s1. The smallest absolute Gasteiger partial charge is 0.343 e. The number of esters is 1. The summed E-state index contributed by atoms with van der Waals surface area (Å²) in [7, 11) is 1.47. The normalized spacial score (nSPS) is 20.3. The third-order valence-electron chi connectivity index (χ3n) is 9.16. The molecule has 2 aliphatic rings. The zero-order chi connectivity index (χ0) is 35.9. The first-order chi connectivity index (χ1) is 25.5. The molecule has 0 amide bonds.